The minimum atomic E-state index is -3.63. The van der Waals surface area contributed by atoms with E-state index in [4.69, 9.17) is 4.42 Å². The molecule has 3 aromatic heterocycles. The summed E-state index contributed by atoms with van der Waals surface area (Å²) in [6.45, 7) is 2.03. The van der Waals surface area contributed by atoms with E-state index in [1.165, 1.54) is 24.4 Å². The molecule has 0 fully saturated rings. The zero-order chi connectivity index (χ0) is 20.4. The van der Waals surface area contributed by atoms with E-state index in [0.29, 0.717) is 5.58 Å². The van der Waals surface area contributed by atoms with Crippen molar-refractivity contribution >= 4 is 26.7 Å². The first-order valence-corrected chi connectivity index (χ1v) is 10.3. The van der Waals surface area contributed by atoms with E-state index in [1.54, 1.807) is 49.6 Å². The van der Waals surface area contributed by atoms with Gasteiger partial charge in [0.2, 0.25) is 9.84 Å². The van der Waals surface area contributed by atoms with Gasteiger partial charge in [-0.3, -0.25) is 14.8 Å². The van der Waals surface area contributed by atoms with E-state index >= 15 is 0 Å². The largest absolute Gasteiger partial charge is 0.449 e. The second-order valence-electron chi connectivity index (χ2n) is 6.49. The Balaban J connectivity index is 1.45. The van der Waals surface area contributed by atoms with Gasteiger partial charge < -0.3 is 9.73 Å². The van der Waals surface area contributed by atoms with Gasteiger partial charge in [0.05, 0.1) is 16.0 Å². The third kappa shape index (κ3) is 3.88. The number of benzene rings is 1. The van der Waals surface area contributed by atoms with Crippen LogP contribution in [0.5, 0.6) is 0 Å². The van der Waals surface area contributed by atoms with Crippen LogP contribution < -0.4 is 5.32 Å². The number of furan rings is 1. The molecule has 29 heavy (non-hydrogen) atoms. The molecule has 0 unspecified atom stereocenters. The standard InChI is InChI=1S/C21H17N3O4S/c1-14-2-5-18(12-23-14)29(26,27)17-6-3-15(4-7-17)11-24-21(25)19-10-16-8-9-22-13-20(16)28-19/h2-10,12-13H,11H2,1H3,(H,24,25). The highest BCUT2D eigenvalue weighted by atomic mass is 32.2. The van der Waals surface area contributed by atoms with Gasteiger partial charge in [-0.1, -0.05) is 12.1 Å². The van der Waals surface area contributed by atoms with Crippen molar-refractivity contribution in [2.75, 3.05) is 0 Å². The van der Waals surface area contributed by atoms with Crippen molar-refractivity contribution in [3.05, 3.63) is 84.1 Å². The number of fused-ring (bicyclic) bond motifs is 1. The number of hydrogen-bond acceptors (Lipinski definition) is 6. The van der Waals surface area contributed by atoms with Crippen LogP contribution in [0, 0.1) is 6.92 Å². The Morgan fingerprint density at radius 2 is 1.79 bits per heavy atom. The van der Waals surface area contributed by atoms with Crippen LogP contribution in [-0.2, 0) is 16.4 Å². The van der Waals surface area contributed by atoms with Crippen LogP contribution >= 0.6 is 0 Å². The minimum Gasteiger partial charge on any atom is -0.449 e. The molecule has 0 saturated heterocycles. The fraction of sp³-hybridized carbons (Fsp3) is 0.0952. The Labute approximate surface area is 167 Å². The van der Waals surface area contributed by atoms with Crippen LogP contribution in [0.25, 0.3) is 11.0 Å². The van der Waals surface area contributed by atoms with E-state index in [1.807, 2.05) is 0 Å². The topological polar surface area (TPSA) is 102 Å². The number of nitrogens with zero attached hydrogens (tertiary/aromatic N) is 2. The molecule has 0 aliphatic carbocycles. The van der Waals surface area contributed by atoms with Crippen LogP contribution in [0.3, 0.4) is 0 Å². The molecule has 3 heterocycles. The fourth-order valence-corrected chi connectivity index (χ4v) is 4.01. The van der Waals surface area contributed by atoms with Crippen LogP contribution in [0.15, 0.2) is 81.3 Å². The first-order chi connectivity index (χ1) is 13.9. The molecular formula is C21H17N3O4S. The number of carbonyl (C=O) groups is 1. The van der Waals surface area contributed by atoms with Gasteiger partial charge in [-0.25, -0.2) is 8.42 Å². The summed E-state index contributed by atoms with van der Waals surface area (Å²) in [6, 6.07) is 13.0. The van der Waals surface area contributed by atoms with Crippen molar-refractivity contribution < 1.29 is 17.6 Å². The molecule has 0 spiro atoms. The van der Waals surface area contributed by atoms with Gasteiger partial charge in [-0.05, 0) is 48.9 Å². The second-order valence-corrected chi connectivity index (χ2v) is 8.44. The molecule has 0 bridgehead atoms. The van der Waals surface area contributed by atoms with Gasteiger partial charge >= 0.3 is 0 Å². The highest BCUT2D eigenvalue weighted by Crippen LogP contribution is 2.21. The van der Waals surface area contributed by atoms with Gasteiger partial charge in [0, 0.05) is 30.0 Å². The monoisotopic (exact) mass is 407 g/mol. The van der Waals surface area contributed by atoms with Crippen molar-refractivity contribution in [3.63, 3.8) is 0 Å². The number of carbonyl (C=O) groups excluding carboxylic acids is 1. The number of nitrogens with one attached hydrogen (secondary N) is 1. The zero-order valence-electron chi connectivity index (χ0n) is 15.5. The first-order valence-electron chi connectivity index (χ1n) is 8.82. The summed E-state index contributed by atoms with van der Waals surface area (Å²) in [5.74, 6) is -0.164. The lowest BCUT2D eigenvalue weighted by molar-refractivity contribution is 0.0925. The molecule has 1 N–H and O–H groups in total. The molecule has 4 rings (SSSR count). The third-order valence-corrected chi connectivity index (χ3v) is 6.18. The Morgan fingerprint density at radius 1 is 1.03 bits per heavy atom. The Morgan fingerprint density at radius 3 is 2.48 bits per heavy atom. The van der Waals surface area contributed by atoms with Gasteiger partial charge in [-0.2, -0.15) is 0 Å². The van der Waals surface area contributed by atoms with Crippen LogP contribution in [0.2, 0.25) is 0 Å². The first kappa shape index (κ1) is 18.8. The molecular weight excluding hydrogens is 390 g/mol. The number of sulfone groups is 1. The van der Waals surface area contributed by atoms with E-state index < -0.39 is 9.84 Å². The van der Waals surface area contributed by atoms with Gasteiger partial charge in [0.15, 0.2) is 11.3 Å². The number of rotatable bonds is 5. The van der Waals surface area contributed by atoms with Gasteiger partial charge in [-0.15, -0.1) is 0 Å². The molecule has 0 aliphatic rings. The molecule has 0 aliphatic heterocycles. The number of hydrogen-bond donors (Lipinski definition) is 1. The summed E-state index contributed by atoms with van der Waals surface area (Å²) in [4.78, 5) is 20.6. The van der Waals surface area contributed by atoms with Crippen LogP contribution in [0.1, 0.15) is 21.8 Å². The third-order valence-electron chi connectivity index (χ3n) is 4.43. The van der Waals surface area contributed by atoms with Crippen molar-refractivity contribution in [2.24, 2.45) is 0 Å². The average Bonchev–Trinajstić information content (AvgIpc) is 3.17. The SMILES string of the molecule is Cc1ccc(S(=O)(=O)c2ccc(CNC(=O)c3cc4ccncc4o3)cc2)cn1. The summed E-state index contributed by atoms with van der Waals surface area (Å²) in [5, 5.41) is 3.56. The molecule has 8 heteroatoms. The highest BCUT2D eigenvalue weighted by molar-refractivity contribution is 7.91. The van der Waals surface area contributed by atoms with Crippen LogP contribution in [-0.4, -0.2) is 24.3 Å². The number of aryl methyl sites for hydroxylation is 1. The quantitative estimate of drug-likeness (QED) is 0.545. The highest BCUT2D eigenvalue weighted by Gasteiger charge is 2.18. The lowest BCUT2D eigenvalue weighted by atomic mass is 10.2. The normalized spacial score (nSPS) is 11.5. The van der Waals surface area contributed by atoms with E-state index in [9.17, 15) is 13.2 Å². The minimum absolute atomic E-state index is 0.142. The Kier molecular flexibility index (Phi) is 4.85. The van der Waals surface area contributed by atoms with E-state index in [2.05, 4.69) is 15.3 Å². The predicted octanol–water partition coefficient (Wildman–Crippen LogP) is 3.29. The maximum Gasteiger partial charge on any atom is 0.287 e. The molecule has 0 radical (unpaired) electrons. The number of amides is 1. The Hall–Kier alpha value is -3.52. The molecule has 0 atom stereocenters. The summed E-state index contributed by atoms with van der Waals surface area (Å²) >= 11 is 0. The van der Waals surface area contributed by atoms with Crippen molar-refractivity contribution in [1.82, 2.24) is 15.3 Å². The summed E-state index contributed by atoms with van der Waals surface area (Å²) in [5.41, 5.74) is 2.05. The number of pyridine rings is 2. The van der Waals surface area contributed by atoms with Gasteiger partial charge in [0.1, 0.15) is 0 Å². The maximum atomic E-state index is 12.7. The predicted molar refractivity (Wildman–Crippen MR) is 106 cm³/mol. The van der Waals surface area contributed by atoms with Gasteiger partial charge in [0.25, 0.3) is 5.91 Å². The lowest BCUT2D eigenvalue weighted by Gasteiger charge is -2.07. The summed E-state index contributed by atoms with van der Waals surface area (Å²) < 4.78 is 30.8. The molecule has 1 aromatic carbocycles. The maximum absolute atomic E-state index is 12.7. The molecule has 7 nitrogen and oxygen atoms in total. The summed E-state index contributed by atoms with van der Waals surface area (Å²) in [6.07, 6.45) is 4.53. The van der Waals surface area contributed by atoms with E-state index in [-0.39, 0.29) is 28.0 Å². The zero-order valence-corrected chi connectivity index (χ0v) is 16.3. The molecule has 1 amide bonds. The second kappa shape index (κ2) is 7.48. The molecule has 4 aromatic rings. The molecule has 0 saturated carbocycles. The average molecular weight is 407 g/mol. The number of aromatic nitrogens is 2. The van der Waals surface area contributed by atoms with Crippen molar-refractivity contribution in [2.45, 2.75) is 23.3 Å². The van der Waals surface area contributed by atoms with Crippen molar-refractivity contribution in [3.8, 4) is 0 Å². The molecule has 146 valence electrons. The lowest BCUT2D eigenvalue weighted by Crippen LogP contribution is -2.22. The summed E-state index contributed by atoms with van der Waals surface area (Å²) in [7, 11) is -3.63. The van der Waals surface area contributed by atoms with Crippen LogP contribution in [0.4, 0.5) is 0 Å². The van der Waals surface area contributed by atoms with E-state index in [0.717, 1.165) is 16.6 Å². The Bertz CT molecular complexity index is 1240. The fourth-order valence-electron chi connectivity index (χ4n) is 2.80. The smallest absolute Gasteiger partial charge is 0.287 e. The van der Waals surface area contributed by atoms with Crippen molar-refractivity contribution in [1.29, 1.82) is 0 Å².